The monoisotopic (exact) mass is 450 g/mol. The molecule has 2 atom stereocenters. The SMILES string of the molecule is COC(=O)/C=C(/Nc1ccc(S(=O)(=O)N2CC3(C)CC2CC(C)(C)C3)cc1)C(=O)OC. The first-order chi connectivity index (χ1) is 14.4. The molecule has 8 nitrogen and oxygen atoms in total. The second-order valence-corrected chi connectivity index (χ2v) is 11.4. The topological polar surface area (TPSA) is 102 Å². The molecule has 2 fully saturated rings. The van der Waals surface area contributed by atoms with Gasteiger partial charge in [0.2, 0.25) is 10.0 Å². The van der Waals surface area contributed by atoms with Gasteiger partial charge in [0.05, 0.1) is 25.2 Å². The number of anilines is 1. The minimum Gasteiger partial charge on any atom is -0.466 e. The molecule has 1 N–H and O–H groups in total. The average Bonchev–Trinajstić information content (AvgIpc) is 2.96. The highest BCUT2D eigenvalue weighted by Gasteiger charge is 2.53. The first-order valence-electron chi connectivity index (χ1n) is 10.2. The summed E-state index contributed by atoms with van der Waals surface area (Å²) in [4.78, 5) is 23.6. The van der Waals surface area contributed by atoms with Gasteiger partial charge in [0.15, 0.2) is 0 Å². The zero-order valence-corrected chi connectivity index (χ0v) is 19.4. The summed E-state index contributed by atoms with van der Waals surface area (Å²) in [5.74, 6) is -1.47. The summed E-state index contributed by atoms with van der Waals surface area (Å²) in [6.45, 7) is 7.10. The highest BCUT2D eigenvalue weighted by molar-refractivity contribution is 7.89. The summed E-state index contributed by atoms with van der Waals surface area (Å²) in [5.41, 5.74) is 0.433. The Labute approximate surface area is 183 Å². The molecule has 2 unspecified atom stereocenters. The van der Waals surface area contributed by atoms with Gasteiger partial charge in [0, 0.05) is 18.3 Å². The third-order valence-electron chi connectivity index (χ3n) is 5.98. The second-order valence-electron chi connectivity index (χ2n) is 9.49. The van der Waals surface area contributed by atoms with E-state index < -0.39 is 22.0 Å². The van der Waals surface area contributed by atoms with E-state index in [0.29, 0.717) is 12.2 Å². The number of ether oxygens (including phenoxy) is 2. The maximum atomic E-state index is 13.4. The molecule has 9 heteroatoms. The number of nitrogens with one attached hydrogen (secondary N) is 1. The van der Waals surface area contributed by atoms with Gasteiger partial charge >= 0.3 is 11.9 Å². The van der Waals surface area contributed by atoms with Crippen molar-refractivity contribution in [3.05, 3.63) is 36.0 Å². The van der Waals surface area contributed by atoms with Crippen molar-refractivity contribution in [2.24, 2.45) is 10.8 Å². The molecule has 170 valence electrons. The molecule has 1 aromatic carbocycles. The summed E-state index contributed by atoms with van der Waals surface area (Å²) >= 11 is 0. The Balaban J connectivity index is 1.82. The number of esters is 2. The van der Waals surface area contributed by atoms with Crippen LogP contribution in [-0.4, -0.2) is 51.5 Å². The Morgan fingerprint density at radius 2 is 1.74 bits per heavy atom. The van der Waals surface area contributed by atoms with Crippen LogP contribution in [0.4, 0.5) is 5.69 Å². The van der Waals surface area contributed by atoms with Crippen LogP contribution in [0.15, 0.2) is 40.9 Å². The maximum Gasteiger partial charge on any atom is 0.354 e. The number of hydrogen-bond acceptors (Lipinski definition) is 7. The van der Waals surface area contributed by atoms with E-state index in [0.717, 1.165) is 25.3 Å². The van der Waals surface area contributed by atoms with Gasteiger partial charge in [-0.3, -0.25) is 0 Å². The van der Waals surface area contributed by atoms with Crippen molar-refractivity contribution in [1.82, 2.24) is 4.31 Å². The van der Waals surface area contributed by atoms with E-state index in [1.54, 1.807) is 16.4 Å². The predicted octanol–water partition coefficient (Wildman–Crippen LogP) is 2.92. The van der Waals surface area contributed by atoms with Gasteiger partial charge < -0.3 is 14.8 Å². The van der Waals surface area contributed by atoms with Crippen molar-refractivity contribution in [1.29, 1.82) is 0 Å². The van der Waals surface area contributed by atoms with E-state index in [4.69, 9.17) is 0 Å². The molecule has 31 heavy (non-hydrogen) atoms. The first-order valence-corrected chi connectivity index (χ1v) is 11.6. The van der Waals surface area contributed by atoms with Crippen molar-refractivity contribution in [3.8, 4) is 0 Å². The number of hydrogen-bond donors (Lipinski definition) is 1. The standard InChI is InChI=1S/C22H30N2O6S/c1-21(2)11-16-12-22(3,13-21)14-24(16)31(27,28)17-8-6-15(7-9-17)23-18(20(26)30-5)10-19(25)29-4/h6-10,16,23H,11-14H2,1-5H3/b18-10+. The Bertz CT molecular complexity index is 999. The zero-order valence-electron chi connectivity index (χ0n) is 18.6. The van der Waals surface area contributed by atoms with E-state index in [9.17, 15) is 18.0 Å². The van der Waals surface area contributed by atoms with Crippen LogP contribution in [0.3, 0.4) is 0 Å². The summed E-state index contributed by atoms with van der Waals surface area (Å²) < 4.78 is 37.6. The average molecular weight is 451 g/mol. The van der Waals surface area contributed by atoms with Crippen LogP contribution in [0.5, 0.6) is 0 Å². The molecule has 0 radical (unpaired) electrons. The van der Waals surface area contributed by atoms with E-state index in [2.05, 4.69) is 35.6 Å². The molecule has 0 amide bonds. The van der Waals surface area contributed by atoms with Gasteiger partial charge in [0.1, 0.15) is 5.70 Å². The number of fused-ring (bicyclic) bond motifs is 2. The molecule has 2 bridgehead atoms. The Hall–Kier alpha value is -2.39. The fourth-order valence-electron chi connectivity index (χ4n) is 5.12. The van der Waals surface area contributed by atoms with Crippen molar-refractivity contribution in [2.75, 3.05) is 26.1 Å². The number of sulfonamides is 1. The van der Waals surface area contributed by atoms with Gasteiger partial charge in [-0.25, -0.2) is 18.0 Å². The fraction of sp³-hybridized carbons (Fsp3) is 0.545. The summed E-state index contributed by atoms with van der Waals surface area (Å²) in [5, 5.41) is 2.77. The third kappa shape index (κ3) is 4.93. The van der Waals surface area contributed by atoms with Crippen molar-refractivity contribution in [3.63, 3.8) is 0 Å². The molecule has 2 aliphatic rings. The molecule has 3 rings (SSSR count). The largest absolute Gasteiger partial charge is 0.466 e. The first kappa shape index (κ1) is 23.3. The second kappa shape index (κ2) is 8.27. The smallest absolute Gasteiger partial charge is 0.354 e. The van der Waals surface area contributed by atoms with Crippen LogP contribution in [0, 0.1) is 10.8 Å². The molecule has 1 aliphatic carbocycles. The lowest BCUT2D eigenvalue weighted by atomic mass is 9.65. The minimum atomic E-state index is -3.65. The van der Waals surface area contributed by atoms with E-state index in [1.165, 1.54) is 26.4 Å². The van der Waals surface area contributed by atoms with Crippen molar-refractivity contribution >= 4 is 27.6 Å². The quantitative estimate of drug-likeness (QED) is 0.525. The molecule has 0 aromatic heterocycles. The van der Waals surface area contributed by atoms with Crippen LogP contribution < -0.4 is 5.32 Å². The molecular formula is C22H30N2O6S. The Morgan fingerprint density at radius 3 is 2.32 bits per heavy atom. The highest BCUT2D eigenvalue weighted by atomic mass is 32.2. The molecular weight excluding hydrogens is 420 g/mol. The number of benzene rings is 1. The molecule has 0 spiro atoms. The zero-order chi connectivity index (χ0) is 23.0. The predicted molar refractivity (Wildman–Crippen MR) is 116 cm³/mol. The van der Waals surface area contributed by atoms with E-state index >= 15 is 0 Å². The van der Waals surface area contributed by atoms with Gasteiger partial charge in [-0.05, 0) is 54.4 Å². The summed E-state index contributed by atoms with van der Waals surface area (Å²) in [6.07, 6.45) is 3.72. The summed E-state index contributed by atoms with van der Waals surface area (Å²) in [6, 6.07) is 6.11. The number of rotatable bonds is 6. The number of carbonyl (C=O) groups is 2. The van der Waals surface area contributed by atoms with Crippen molar-refractivity contribution in [2.45, 2.75) is 51.0 Å². The number of nitrogens with zero attached hydrogens (tertiary/aromatic N) is 1. The maximum absolute atomic E-state index is 13.4. The van der Waals surface area contributed by atoms with Gasteiger partial charge in [-0.1, -0.05) is 20.8 Å². The van der Waals surface area contributed by atoms with Crippen LogP contribution >= 0.6 is 0 Å². The molecule has 1 heterocycles. The van der Waals surface area contributed by atoms with Gasteiger partial charge in [0.25, 0.3) is 0 Å². The van der Waals surface area contributed by atoms with Gasteiger partial charge in [-0.2, -0.15) is 4.31 Å². The minimum absolute atomic E-state index is 0.00488. The Morgan fingerprint density at radius 1 is 1.10 bits per heavy atom. The summed E-state index contributed by atoms with van der Waals surface area (Å²) in [7, 11) is -1.26. The molecule has 1 saturated heterocycles. The lowest BCUT2D eigenvalue weighted by Crippen LogP contribution is -2.37. The normalized spacial score (nSPS) is 25.7. The van der Waals surface area contributed by atoms with Crippen molar-refractivity contribution < 1.29 is 27.5 Å². The number of methoxy groups -OCH3 is 2. The van der Waals surface area contributed by atoms with Crippen LogP contribution in [-0.2, 0) is 29.1 Å². The van der Waals surface area contributed by atoms with Crippen LogP contribution in [0.2, 0.25) is 0 Å². The molecule has 1 aliphatic heterocycles. The van der Waals surface area contributed by atoms with Crippen LogP contribution in [0.1, 0.15) is 40.0 Å². The number of carbonyl (C=O) groups excluding carboxylic acids is 2. The van der Waals surface area contributed by atoms with Gasteiger partial charge in [-0.15, -0.1) is 0 Å². The highest BCUT2D eigenvalue weighted by Crippen LogP contribution is 2.53. The molecule has 1 aromatic rings. The lowest BCUT2D eigenvalue weighted by molar-refractivity contribution is -0.138. The fourth-order valence-corrected chi connectivity index (χ4v) is 6.90. The van der Waals surface area contributed by atoms with Crippen LogP contribution in [0.25, 0.3) is 0 Å². The van der Waals surface area contributed by atoms with E-state index in [1.807, 2.05) is 0 Å². The lowest BCUT2D eigenvalue weighted by Gasteiger charge is -2.39. The molecule has 1 saturated carbocycles. The third-order valence-corrected chi connectivity index (χ3v) is 7.89. The Kier molecular flexibility index (Phi) is 6.21. The van der Waals surface area contributed by atoms with E-state index in [-0.39, 0.29) is 27.5 Å².